The molecule has 1 N–H and O–H groups in total. The highest BCUT2D eigenvalue weighted by Gasteiger charge is 2.09. The minimum Gasteiger partial charge on any atom is -0.455 e. The van der Waals surface area contributed by atoms with Crippen LogP contribution in [0.2, 0.25) is 10.0 Å². The molecule has 5 heteroatoms. The van der Waals surface area contributed by atoms with Crippen molar-refractivity contribution in [1.29, 1.82) is 0 Å². The summed E-state index contributed by atoms with van der Waals surface area (Å²) >= 11 is 12.0. The van der Waals surface area contributed by atoms with Gasteiger partial charge in [-0.25, -0.2) is 0 Å². The number of hydrogen-bond acceptors (Lipinski definition) is 3. The van der Waals surface area contributed by atoms with Crippen molar-refractivity contribution in [3.8, 4) is 11.5 Å². The second-order valence-electron chi connectivity index (χ2n) is 4.39. The van der Waals surface area contributed by atoms with Crippen LogP contribution in [0.25, 0.3) is 0 Å². The van der Waals surface area contributed by atoms with Gasteiger partial charge in [0.2, 0.25) is 0 Å². The van der Waals surface area contributed by atoms with Crippen molar-refractivity contribution in [1.82, 2.24) is 10.3 Å². The van der Waals surface area contributed by atoms with Crippen LogP contribution in [0.3, 0.4) is 0 Å². The first-order valence-electron chi connectivity index (χ1n) is 6.39. The van der Waals surface area contributed by atoms with E-state index in [1.54, 1.807) is 18.2 Å². The van der Waals surface area contributed by atoms with Gasteiger partial charge in [0.1, 0.15) is 11.5 Å². The van der Waals surface area contributed by atoms with Crippen molar-refractivity contribution in [3.05, 3.63) is 51.8 Å². The van der Waals surface area contributed by atoms with E-state index in [-0.39, 0.29) is 0 Å². The van der Waals surface area contributed by atoms with Crippen molar-refractivity contribution in [2.24, 2.45) is 0 Å². The predicted octanol–water partition coefficient (Wildman–Crippen LogP) is 4.60. The third kappa shape index (κ3) is 3.85. The molecule has 0 spiro atoms. The Balaban J connectivity index is 2.29. The highest BCUT2D eigenvalue weighted by Crippen LogP contribution is 2.33. The standard InChI is InChI=1S/C15H16Cl2N2O/c1-3-18-8-11-9-19-10(2)6-15(11)20-14-5-4-12(16)7-13(14)17/h4-7,9,18H,3,8H2,1-2H3. The van der Waals surface area contributed by atoms with E-state index in [0.717, 1.165) is 23.6 Å². The molecule has 1 aromatic carbocycles. The molecule has 0 bridgehead atoms. The molecule has 0 fully saturated rings. The number of nitrogens with one attached hydrogen (secondary N) is 1. The molecule has 1 aromatic heterocycles. The summed E-state index contributed by atoms with van der Waals surface area (Å²) < 4.78 is 5.90. The highest BCUT2D eigenvalue weighted by molar-refractivity contribution is 6.35. The lowest BCUT2D eigenvalue weighted by atomic mass is 10.2. The van der Waals surface area contributed by atoms with E-state index in [1.165, 1.54) is 0 Å². The third-order valence-corrected chi connectivity index (χ3v) is 3.29. The highest BCUT2D eigenvalue weighted by atomic mass is 35.5. The largest absolute Gasteiger partial charge is 0.455 e. The summed E-state index contributed by atoms with van der Waals surface area (Å²) in [5.74, 6) is 1.34. The Morgan fingerprint density at radius 2 is 2.00 bits per heavy atom. The smallest absolute Gasteiger partial charge is 0.146 e. The third-order valence-electron chi connectivity index (χ3n) is 2.76. The lowest BCUT2D eigenvalue weighted by molar-refractivity contribution is 0.472. The topological polar surface area (TPSA) is 34.2 Å². The van der Waals surface area contributed by atoms with E-state index in [1.807, 2.05) is 19.2 Å². The van der Waals surface area contributed by atoms with Crippen molar-refractivity contribution in [2.75, 3.05) is 6.54 Å². The van der Waals surface area contributed by atoms with E-state index >= 15 is 0 Å². The van der Waals surface area contributed by atoms with Crippen LogP contribution in [0.4, 0.5) is 0 Å². The van der Waals surface area contributed by atoms with Crippen LogP contribution in [0.1, 0.15) is 18.2 Å². The minimum absolute atomic E-state index is 0.487. The van der Waals surface area contributed by atoms with Crippen LogP contribution in [0.5, 0.6) is 11.5 Å². The normalized spacial score (nSPS) is 10.6. The summed E-state index contributed by atoms with van der Waals surface area (Å²) in [5, 5.41) is 4.33. The maximum absolute atomic E-state index is 6.14. The second-order valence-corrected chi connectivity index (χ2v) is 5.23. The monoisotopic (exact) mass is 310 g/mol. The van der Waals surface area contributed by atoms with Gasteiger partial charge in [0, 0.05) is 35.1 Å². The summed E-state index contributed by atoms with van der Waals surface area (Å²) in [6, 6.07) is 7.08. The molecule has 3 nitrogen and oxygen atoms in total. The summed E-state index contributed by atoms with van der Waals surface area (Å²) in [6.45, 7) is 5.56. The molecule has 0 radical (unpaired) electrons. The lowest BCUT2D eigenvalue weighted by Gasteiger charge is -2.13. The van der Waals surface area contributed by atoms with Gasteiger partial charge in [0.05, 0.1) is 5.02 Å². The first kappa shape index (κ1) is 15.1. The molecule has 20 heavy (non-hydrogen) atoms. The molecule has 0 amide bonds. The van der Waals surface area contributed by atoms with E-state index in [0.29, 0.717) is 22.3 Å². The number of hydrogen-bond donors (Lipinski definition) is 1. The van der Waals surface area contributed by atoms with Crippen molar-refractivity contribution < 1.29 is 4.74 Å². The average molecular weight is 311 g/mol. The van der Waals surface area contributed by atoms with Gasteiger partial charge in [0.15, 0.2) is 0 Å². The van der Waals surface area contributed by atoms with E-state index in [2.05, 4.69) is 17.2 Å². The molecule has 0 saturated heterocycles. The molecule has 0 atom stereocenters. The molecule has 0 aliphatic rings. The van der Waals surface area contributed by atoms with Crippen LogP contribution in [-0.2, 0) is 6.54 Å². The summed E-state index contributed by atoms with van der Waals surface area (Å²) in [7, 11) is 0. The first-order valence-corrected chi connectivity index (χ1v) is 7.15. The number of benzene rings is 1. The number of aromatic nitrogens is 1. The zero-order chi connectivity index (χ0) is 14.5. The van der Waals surface area contributed by atoms with E-state index in [4.69, 9.17) is 27.9 Å². The zero-order valence-corrected chi connectivity index (χ0v) is 12.9. The fourth-order valence-corrected chi connectivity index (χ4v) is 2.17. The number of halogens is 2. The van der Waals surface area contributed by atoms with Gasteiger partial charge in [-0.3, -0.25) is 4.98 Å². The Kier molecular flexibility index (Phi) is 5.24. The van der Waals surface area contributed by atoms with Crippen molar-refractivity contribution >= 4 is 23.2 Å². The Bertz CT molecular complexity index is 602. The number of nitrogens with zero attached hydrogens (tertiary/aromatic N) is 1. The van der Waals surface area contributed by atoms with E-state index in [9.17, 15) is 0 Å². The van der Waals surface area contributed by atoms with E-state index < -0.39 is 0 Å². The SMILES string of the molecule is CCNCc1cnc(C)cc1Oc1ccc(Cl)cc1Cl. The van der Waals surface area contributed by atoms with Gasteiger partial charge < -0.3 is 10.1 Å². The number of ether oxygens (including phenoxy) is 1. The maximum Gasteiger partial charge on any atom is 0.146 e. The second kappa shape index (κ2) is 6.93. The molecule has 2 aromatic rings. The molecular formula is C15H16Cl2N2O. The van der Waals surface area contributed by atoms with Crippen LogP contribution in [-0.4, -0.2) is 11.5 Å². The van der Waals surface area contributed by atoms with Gasteiger partial charge >= 0.3 is 0 Å². The molecule has 106 valence electrons. The number of rotatable bonds is 5. The van der Waals surface area contributed by atoms with Gasteiger partial charge in [0.25, 0.3) is 0 Å². The first-order chi connectivity index (χ1) is 9.60. The Hall–Kier alpha value is -1.29. The fourth-order valence-electron chi connectivity index (χ4n) is 1.73. The Labute approximate surface area is 128 Å². The maximum atomic E-state index is 6.14. The molecular weight excluding hydrogens is 295 g/mol. The van der Waals surface area contributed by atoms with Crippen molar-refractivity contribution in [2.45, 2.75) is 20.4 Å². The molecule has 1 heterocycles. The van der Waals surface area contributed by atoms with Crippen LogP contribution >= 0.6 is 23.2 Å². The number of pyridine rings is 1. The molecule has 2 rings (SSSR count). The number of aryl methyl sites for hydroxylation is 1. The average Bonchev–Trinajstić information content (AvgIpc) is 2.41. The molecule has 0 aliphatic heterocycles. The fraction of sp³-hybridized carbons (Fsp3) is 0.267. The summed E-state index contributed by atoms with van der Waals surface area (Å²) in [4.78, 5) is 4.30. The predicted molar refractivity (Wildman–Crippen MR) is 82.9 cm³/mol. The van der Waals surface area contributed by atoms with Gasteiger partial charge in [-0.2, -0.15) is 0 Å². The minimum atomic E-state index is 0.487. The van der Waals surface area contributed by atoms with Gasteiger partial charge in [-0.1, -0.05) is 30.1 Å². The summed E-state index contributed by atoms with van der Waals surface area (Å²) in [6.07, 6.45) is 1.82. The zero-order valence-electron chi connectivity index (χ0n) is 11.4. The summed E-state index contributed by atoms with van der Waals surface area (Å²) in [5.41, 5.74) is 1.88. The quantitative estimate of drug-likeness (QED) is 0.876. The van der Waals surface area contributed by atoms with Crippen molar-refractivity contribution in [3.63, 3.8) is 0 Å². The van der Waals surface area contributed by atoms with Crippen LogP contribution < -0.4 is 10.1 Å². The molecule has 0 aliphatic carbocycles. The molecule has 0 saturated carbocycles. The van der Waals surface area contributed by atoms with Crippen LogP contribution in [0, 0.1) is 6.92 Å². The lowest BCUT2D eigenvalue weighted by Crippen LogP contribution is -2.12. The molecule has 0 unspecified atom stereocenters. The van der Waals surface area contributed by atoms with Gasteiger partial charge in [-0.05, 0) is 31.7 Å². The Morgan fingerprint density at radius 3 is 2.70 bits per heavy atom. The van der Waals surface area contributed by atoms with Gasteiger partial charge in [-0.15, -0.1) is 0 Å². The van der Waals surface area contributed by atoms with Crippen LogP contribution in [0.15, 0.2) is 30.5 Å². The Morgan fingerprint density at radius 1 is 1.20 bits per heavy atom.